The average molecular weight is 261 g/mol. The van der Waals surface area contributed by atoms with Crippen LogP contribution in [-0.2, 0) is 0 Å². The van der Waals surface area contributed by atoms with Gasteiger partial charge in [-0.3, -0.25) is 0 Å². The summed E-state index contributed by atoms with van der Waals surface area (Å²) in [4.78, 5) is 0. The van der Waals surface area contributed by atoms with Crippen molar-refractivity contribution in [2.45, 2.75) is 39.8 Å². The molecular weight excluding hydrogens is 234 g/mol. The molecule has 0 aromatic heterocycles. The molecule has 1 aromatic rings. The third-order valence-electron chi connectivity index (χ3n) is 3.61. The first-order chi connectivity index (χ1) is 8.56. The lowest BCUT2D eigenvalue weighted by Crippen LogP contribution is -2.58. The van der Waals surface area contributed by atoms with Gasteiger partial charge in [0.15, 0.2) is 8.24 Å². The SMILES string of the molecule is C=Cc1cccc([Si](C)(C)N(CCC)CCC)c1. The van der Waals surface area contributed by atoms with E-state index in [0.717, 1.165) is 0 Å². The fraction of sp³-hybridized carbons (Fsp3) is 0.500. The predicted molar refractivity (Wildman–Crippen MR) is 85.8 cm³/mol. The van der Waals surface area contributed by atoms with Gasteiger partial charge < -0.3 is 4.57 Å². The Morgan fingerprint density at radius 2 is 1.78 bits per heavy atom. The summed E-state index contributed by atoms with van der Waals surface area (Å²) in [6.07, 6.45) is 4.41. The summed E-state index contributed by atoms with van der Waals surface area (Å²) in [5.41, 5.74) is 1.24. The minimum atomic E-state index is -1.51. The first-order valence-corrected chi connectivity index (χ1v) is 9.99. The lowest BCUT2D eigenvalue weighted by Gasteiger charge is -2.37. The van der Waals surface area contributed by atoms with Gasteiger partial charge in [0.2, 0.25) is 0 Å². The third-order valence-corrected chi connectivity index (χ3v) is 7.36. The second-order valence-corrected chi connectivity index (χ2v) is 9.70. The van der Waals surface area contributed by atoms with E-state index in [1.165, 1.54) is 36.7 Å². The summed E-state index contributed by atoms with van der Waals surface area (Å²) in [5.74, 6) is 0. The van der Waals surface area contributed by atoms with Crippen molar-refractivity contribution in [1.29, 1.82) is 0 Å². The Morgan fingerprint density at radius 3 is 2.28 bits per heavy atom. The molecule has 0 spiro atoms. The van der Waals surface area contributed by atoms with Crippen molar-refractivity contribution in [2.75, 3.05) is 13.1 Å². The highest BCUT2D eigenvalue weighted by Gasteiger charge is 2.30. The Bertz CT molecular complexity index is 378. The molecule has 0 bridgehead atoms. The average Bonchev–Trinajstić information content (AvgIpc) is 2.38. The number of benzene rings is 1. The van der Waals surface area contributed by atoms with Gasteiger partial charge in [-0.15, -0.1) is 0 Å². The first kappa shape index (κ1) is 15.2. The zero-order chi connectivity index (χ0) is 13.6. The van der Waals surface area contributed by atoms with Crippen molar-refractivity contribution in [3.8, 4) is 0 Å². The second-order valence-electron chi connectivity index (χ2n) is 5.38. The van der Waals surface area contributed by atoms with Gasteiger partial charge in [-0.05, 0) is 36.7 Å². The molecule has 0 atom stereocenters. The van der Waals surface area contributed by atoms with Crippen LogP contribution in [0, 0.1) is 0 Å². The van der Waals surface area contributed by atoms with Gasteiger partial charge in [0, 0.05) is 0 Å². The largest absolute Gasteiger partial charge is 0.320 e. The normalized spacial score (nSPS) is 11.8. The van der Waals surface area contributed by atoms with Crippen molar-refractivity contribution in [3.63, 3.8) is 0 Å². The Hall–Kier alpha value is -0.863. The minimum absolute atomic E-state index is 1.21. The molecule has 100 valence electrons. The molecule has 0 amide bonds. The van der Waals surface area contributed by atoms with Crippen molar-refractivity contribution >= 4 is 19.5 Å². The van der Waals surface area contributed by atoms with Crippen LogP contribution < -0.4 is 5.19 Å². The molecule has 0 aliphatic heterocycles. The summed E-state index contributed by atoms with van der Waals surface area (Å²) in [7, 11) is -1.51. The van der Waals surface area contributed by atoms with Gasteiger partial charge in [0.05, 0.1) is 0 Å². The lowest BCUT2D eigenvalue weighted by molar-refractivity contribution is 0.424. The van der Waals surface area contributed by atoms with Crippen molar-refractivity contribution < 1.29 is 0 Å². The van der Waals surface area contributed by atoms with Gasteiger partial charge in [-0.1, -0.05) is 63.9 Å². The van der Waals surface area contributed by atoms with Crippen molar-refractivity contribution in [1.82, 2.24) is 4.57 Å². The molecule has 0 saturated heterocycles. The molecule has 2 heteroatoms. The van der Waals surface area contributed by atoms with Crippen LogP contribution >= 0.6 is 0 Å². The van der Waals surface area contributed by atoms with Crippen LogP contribution in [0.2, 0.25) is 13.1 Å². The van der Waals surface area contributed by atoms with E-state index in [4.69, 9.17) is 0 Å². The monoisotopic (exact) mass is 261 g/mol. The molecule has 1 rings (SSSR count). The van der Waals surface area contributed by atoms with Crippen LogP contribution in [0.3, 0.4) is 0 Å². The summed E-state index contributed by atoms with van der Waals surface area (Å²) in [5, 5.41) is 1.52. The zero-order valence-electron chi connectivity index (χ0n) is 12.4. The van der Waals surface area contributed by atoms with Gasteiger partial charge >= 0.3 is 0 Å². The highest BCUT2D eigenvalue weighted by atomic mass is 28.3. The topological polar surface area (TPSA) is 3.24 Å². The molecule has 0 radical (unpaired) electrons. The summed E-state index contributed by atoms with van der Waals surface area (Å²) in [6, 6.07) is 8.90. The molecule has 0 saturated carbocycles. The van der Waals surface area contributed by atoms with Gasteiger partial charge in [0.25, 0.3) is 0 Å². The highest BCUT2D eigenvalue weighted by Crippen LogP contribution is 2.13. The van der Waals surface area contributed by atoms with Crippen LogP contribution in [0.1, 0.15) is 32.3 Å². The summed E-state index contributed by atoms with van der Waals surface area (Å²) < 4.78 is 2.72. The van der Waals surface area contributed by atoms with E-state index >= 15 is 0 Å². The van der Waals surface area contributed by atoms with E-state index in [1.54, 1.807) is 0 Å². The standard InChI is InChI=1S/C16H27NSi/c1-6-12-17(13-7-2)18(4,5)16-11-9-10-15(8-3)14-16/h8-11,14H,3,6-7,12-13H2,1-2,4-5H3. The Balaban J connectivity index is 3.03. The maximum Gasteiger partial charge on any atom is 0.154 e. The second kappa shape index (κ2) is 6.91. The van der Waals surface area contributed by atoms with Gasteiger partial charge in [0.1, 0.15) is 0 Å². The lowest BCUT2D eigenvalue weighted by atomic mass is 10.2. The number of nitrogens with zero attached hydrogens (tertiary/aromatic N) is 1. The van der Waals surface area contributed by atoms with Crippen LogP contribution in [-0.4, -0.2) is 25.9 Å². The summed E-state index contributed by atoms with van der Waals surface area (Å²) in [6.45, 7) is 15.8. The maximum absolute atomic E-state index is 3.87. The van der Waals surface area contributed by atoms with Gasteiger partial charge in [-0.25, -0.2) is 0 Å². The van der Waals surface area contributed by atoms with Crippen LogP contribution in [0.5, 0.6) is 0 Å². The van der Waals surface area contributed by atoms with E-state index in [0.29, 0.717) is 0 Å². The Kier molecular flexibility index (Phi) is 5.83. The summed E-state index contributed by atoms with van der Waals surface area (Å²) >= 11 is 0. The minimum Gasteiger partial charge on any atom is -0.320 e. The molecule has 18 heavy (non-hydrogen) atoms. The first-order valence-electron chi connectivity index (χ1n) is 7.04. The van der Waals surface area contributed by atoms with Crippen LogP contribution in [0.15, 0.2) is 30.8 Å². The van der Waals surface area contributed by atoms with E-state index in [9.17, 15) is 0 Å². The molecule has 0 aliphatic carbocycles. The molecule has 0 aliphatic rings. The van der Waals surface area contributed by atoms with E-state index in [2.05, 4.69) is 62.4 Å². The van der Waals surface area contributed by atoms with E-state index in [1.807, 2.05) is 6.08 Å². The molecule has 0 N–H and O–H groups in total. The molecule has 0 unspecified atom stereocenters. The van der Waals surface area contributed by atoms with E-state index < -0.39 is 8.24 Å². The fourth-order valence-corrected chi connectivity index (χ4v) is 5.39. The predicted octanol–water partition coefficient (Wildman–Crippen LogP) is 3.86. The highest BCUT2D eigenvalue weighted by molar-refractivity contribution is 6.87. The van der Waals surface area contributed by atoms with Crippen molar-refractivity contribution in [3.05, 3.63) is 36.4 Å². The molecule has 0 heterocycles. The quantitative estimate of drug-likeness (QED) is 0.674. The smallest absolute Gasteiger partial charge is 0.154 e. The molecular formula is C16H27NSi. The van der Waals surface area contributed by atoms with E-state index in [-0.39, 0.29) is 0 Å². The maximum atomic E-state index is 3.87. The molecule has 0 fully saturated rings. The number of rotatable bonds is 7. The number of hydrogen-bond acceptors (Lipinski definition) is 1. The number of hydrogen-bond donors (Lipinski definition) is 0. The van der Waals surface area contributed by atoms with Gasteiger partial charge in [-0.2, -0.15) is 0 Å². The van der Waals surface area contributed by atoms with Crippen LogP contribution in [0.25, 0.3) is 6.08 Å². The zero-order valence-corrected chi connectivity index (χ0v) is 13.4. The Morgan fingerprint density at radius 1 is 1.17 bits per heavy atom. The molecule has 1 nitrogen and oxygen atoms in total. The Labute approximate surface area is 114 Å². The van der Waals surface area contributed by atoms with Crippen molar-refractivity contribution in [2.24, 2.45) is 0 Å². The van der Waals surface area contributed by atoms with Crippen LogP contribution in [0.4, 0.5) is 0 Å². The fourth-order valence-electron chi connectivity index (χ4n) is 2.44. The molecule has 1 aromatic carbocycles. The third kappa shape index (κ3) is 3.56.